The van der Waals surface area contributed by atoms with Crippen LogP contribution in [0.4, 0.5) is 0 Å². The Bertz CT molecular complexity index is 582. The summed E-state index contributed by atoms with van der Waals surface area (Å²) in [7, 11) is 0. The Balaban J connectivity index is 1.84. The van der Waals surface area contributed by atoms with Crippen LogP contribution in [0.2, 0.25) is 0 Å². The lowest BCUT2D eigenvalue weighted by atomic mass is 9.85. The fourth-order valence-corrected chi connectivity index (χ4v) is 3.54. The molecule has 0 spiro atoms. The Morgan fingerprint density at radius 2 is 2.16 bits per heavy atom. The Labute approximate surface area is 116 Å². The molecule has 100 valence electrons. The van der Waals surface area contributed by atoms with Crippen molar-refractivity contribution in [3.8, 4) is 10.6 Å². The molecule has 2 aromatic rings. The monoisotopic (exact) mass is 274 g/mol. The average molecular weight is 274 g/mol. The van der Waals surface area contributed by atoms with Gasteiger partial charge >= 0.3 is 0 Å². The topological polar surface area (TPSA) is 45.8 Å². The highest BCUT2D eigenvalue weighted by atomic mass is 32.1. The van der Waals surface area contributed by atoms with Crippen LogP contribution in [-0.2, 0) is 6.42 Å². The minimum Gasteiger partial charge on any atom is -0.268 e. The highest BCUT2D eigenvalue weighted by Crippen LogP contribution is 2.27. The molecule has 2 heterocycles. The normalized spacial score (nSPS) is 16.6. The van der Waals surface area contributed by atoms with E-state index in [0.29, 0.717) is 5.92 Å². The molecule has 0 unspecified atom stereocenters. The molecule has 1 fully saturated rings. The first-order valence-electron chi connectivity index (χ1n) is 6.95. The summed E-state index contributed by atoms with van der Waals surface area (Å²) in [6.07, 6.45) is 7.39. The van der Waals surface area contributed by atoms with Crippen molar-refractivity contribution < 1.29 is 0 Å². The van der Waals surface area contributed by atoms with E-state index in [1.807, 2.05) is 23.6 Å². The van der Waals surface area contributed by atoms with E-state index in [0.717, 1.165) is 22.6 Å². The van der Waals surface area contributed by atoms with Gasteiger partial charge in [-0.2, -0.15) is 5.10 Å². The molecule has 0 amide bonds. The molecular weight excluding hydrogens is 256 g/mol. The molecule has 0 radical (unpaired) electrons. The Kier molecular flexibility index (Phi) is 3.78. The van der Waals surface area contributed by atoms with Crippen molar-refractivity contribution in [2.24, 2.45) is 5.92 Å². The summed E-state index contributed by atoms with van der Waals surface area (Å²) in [5, 5.41) is 8.83. The van der Waals surface area contributed by atoms with Gasteiger partial charge in [0.1, 0.15) is 5.69 Å². The van der Waals surface area contributed by atoms with Crippen LogP contribution < -0.4 is 5.56 Å². The van der Waals surface area contributed by atoms with Gasteiger partial charge in [0.2, 0.25) is 0 Å². The molecule has 1 aliphatic rings. The maximum atomic E-state index is 11.9. The maximum absolute atomic E-state index is 11.9. The number of H-pyrrole nitrogens is 1. The minimum atomic E-state index is -0.0223. The summed E-state index contributed by atoms with van der Waals surface area (Å²) in [4.78, 5) is 13.0. The molecule has 0 saturated heterocycles. The molecular formula is C15H18N2OS. The van der Waals surface area contributed by atoms with Gasteiger partial charge in [-0.15, -0.1) is 11.3 Å². The molecule has 1 saturated carbocycles. The van der Waals surface area contributed by atoms with Gasteiger partial charge in [-0.3, -0.25) is 4.79 Å². The second kappa shape index (κ2) is 5.70. The molecule has 19 heavy (non-hydrogen) atoms. The van der Waals surface area contributed by atoms with Gasteiger partial charge in [-0.1, -0.05) is 38.2 Å². The van der Waals surface area contributed by atoms with Crippen molar-refractivity contribution in [3.05, 3.63) is 39.5 Å². The van der Waals surface area contributed by atoms with Crippen LogP contribution in [0.25, 0.3) is 10.6 Å². The molecule has 0 bridgehead atoms. The fourth-order valence-electron chi connectivity index (χ4n) is 2.85. The maximum Gasteiger partial charge on any atom is 0.267 e. The summed E-state index contributed by atoms with van der Waals surface area (Å²) in [5.74, 6) is 0.674. The second-order valence-electron chi connectivity index (χ2n) is 5.29. The zero-order valence-corrected chi connectivity index (χ0v) is 11.7. The van der Waals surface area contributed by atoms with Gasteiger partial charge in [0.15, 0.2) is 0 Å². The lowest BCUT2D eigenvalue weighted by Crippen LogP contribution is -2.19. The number of aromatic amines is 1. The van der Waals surface area contributed by atoms with Crippen LogP contribution in [0.15, 0.2) is 28.4 Å². The largest absolute Gasteiger partial charge is 0.268 e. The summed E-state index contributed by atoms with van der Waals surface area (Å²) < 4.78 is 0. The summed E-state index contributed by atoms with van der Waals surface area (Å²) in [5.41, 5.74) is 1.76. The summed E-state index contributed by atoms with van der Waals surface area (Å²) >= 11 is 1.65. The van der Waals surface area contributed by atoms with E-state index in [9.17, 15) is 4.79 Å². The molecule has 0 aromatic carbocycles. The molecule has 1 aliphatic carbocycles. The van der Waals surface area contributed by atoms with E-state index >= 15 is 0 Å². The Morgan fingerprint density at radius 3 is 2.89 bits per heavy atom. The Hall–Kier alpha value is -1.42. The van der Waals surface area contributed by atoms with Crippen LogP contribution in [0.1, 0.15) is 37.7 Å². The van der Waals surface area contributed by atoms with E-state index in [-0.39, 0.29) is 5.56 Å². The van der Waals surface area contributed by atoms with Crippen LogP contribution >= 0.6 is 11.3 Å². The van der Waals surface area contributed by atoms with Gasteiger partial charge in [0.25, 0.3) is 5.56 Å². The van der Waals surface area contributed by atoms with E-state index in [1.165, 1.54) is 32.1 Å². The van der Waals surface area contributed by atoms with E-state index in [1.54, 1.807) is 11.3 Å². The first-order chi connectivity index (χ1) is 9.33. The second-order valence-corrected chi connectivity index (χ2v) is 6.24. The zero-order valence-electron chi connectivity index (χ0n) is 10.9. The quantitative estimate of drug-likeness (QED) is 0.929. The predicted molar refractivity (Wildman–Crippen MR) is 78.4 cm³/mol. The van der Waals surface area contributed by atoms with E-state index in [4.69, 9.17) is 0 Å². The molecule has 0 atom stereocenters. The standard InChI is InChI=1S/C15H18N2OS/c18-15-12(9-11-5-2-1-3-6-11)10-13(16-17-15)14-7-4-8-19-14/h4,7-8,10-11H,1-3,5-6,9H2,(H,17,18). The Morgan fingerprint density at radius 1 is 1.32 bits per heavy atom. The number of nitrogens with one attached hydrogen (secondary N) is 1. The lowest BCUT2D eigenvalue weighted by molar-refractivity contribution is 0.355. The lowest BCUT2D eigenvalue weighted by Gasteiger charge is -2.21. The fraction of sp³-hybridized carbons (Fsp3) is 0.467. The highest BCUT2D eigenvalue weighted by molar-refractivity contribution is 7.13. The third-order valence-corrected chi connectivity index (χ3v) is 4.78. The molecule has 4 heteroatoms. The number of nitrogens with zero attached hydrogens (tertiary/aromatic N) is 1. The van der Waals surface area contributed by atoms with E-state index < -0.39 is 0 Å². The van der Waals surface area contributed by atoms with Gasteiger partial charge in [0, 0.05) is 5.56 Å². The van der Waals surface area contributed by atoms with Crippen molar-refractivity contribution in [1.29, 1.82) is 0 Å². The number of aromatic nitrogens is 2. The first-order valence-corrected chi connectivity index (χ1v) is 7.83. The molecule has 1 N–H and O–H groups in total. The number of hydrogen-bond acceptors (Lipinski definition) is 3. The van der Waals surface area contributed by atoms with Crippen LogP contribution in [0.3, 0.4) is 0 Å². The predicted octanol–water partition coefficient (Wildman–Crippen LogP) is 3.62. The van der Waals surface area contributed by atoms with Crippen LogP contribution in [0, 0.1) is 5.92 Å². The number of rotatable bonds is 3. The first kappa shape index (κ1) is 12.6. The van der Waals surface area contributed by atoms with Gasteiger partial charge in [-0.05, 0) is 29.9 Å². The average Bonchev–Trinajstić information content (AvgIpc) is 2.96. The zero-order chi connectivity index (χ0) is 13.1. The molecule has 3 nitrogen and oxygen atoms in total. The summed E-state index contributed by atoms with van der Waals surface area (Å²) in [6, 6.07) is 6.02. The van der Waals surface area contributed by atoms with Crippen LogP contribution in [-0.4, -0.2) is 10.2 Å². The van der Waals surface area contributed by atoms with Gasteiger partial charge in [0.05, 0.1) is 4.88 Å². The van der Waals surface area contributed by atoms with Crippen LogP contribution in [0.5, 0.6) is 0 Å². The molecule has 3 rings (SSSR count). The van der Waals surface area contributed by atoms with E-state index in [2.05, 4.69) is 10.2 Å². The van der Waals surface area contributed by atoms with Crippen molar-refractivity contribution in [2.75, 3.05) is 0 Å². The SMILES string of the molecule is O=c1[nH]nc(-c2cccs2)cc1CC1CCCCC1. The van der Waals surface area contributed by atoms with Crippen molar-refractivity contribution in [2.45, 2.75) is 38.5 Å². The third-order valence-electron chi connectivity index (χ3n) is 3.89. The smallest absolute Gasteiger partial charge is 0.267 e. The van der Waals surface area contributed by atoms with Crippen molar-refractivity contribution >= 4 is 11.3 Å². The summed E-state index contributed by atoms with van der Waals surface area (Å²) in [6.45, 7) is 0. The van der Waals surface area contributed by atoms with Crippen molar-refractivity contribution in [3.63, 3.8) is 0 Å². The molecule has 0 aliphatic heterocycles. The molecule has 2 aromatic heterocycles. The highest BCUT2D eigenvalue weighted by Gasteiger charge is 2.16. The van der Waals surface area contributed by atoms with Crippen molar-refractivity contribution in [1.82, 2.24) is 10.2 Å². The minimum absolute atomic E-state index is 0.0223. The van der Waals surface area contributed by atoms with Gasteiger partial charge in [-0.25, -0.2) is 5.10 Å². The van der Waals surface area contributed by atoms with Gasteiger partial charge < -0.3 is 0 Å². The third kappa shape index (κ3) is 2.95. The number of thiophene rings is 1. The number of hydrogen-bond donors (Lipinski definition) is 1.